The summed E-state index contributed by atoms with van der Waals surface area (Å²) >= 11 is 0. The zero-order valence-corrected chi connectivity index (χ0v) is 35.8. The van der Waals surface area contributed by atoms with Crippen molar-refractivity contribution in [2.45, 2.75) is 31.7 Å². The van der Waals surface area contributed by atoms with Crippen LogP contribution in [0.5, 0.6) is 5.75 Å². The van der Waals surface area contributed by atoms with Crippen LogP contribution < -0.4 is 30.9 Å². The van der Waals surface area contributed by atoms with E-state index in [2.05, 4.69) is 47.2 Å². The zero-order valence-electron chi connectivity index (χ0n) is 35.8. The van der Waals surface area contributed by atoms with Gasteiger partial charge in [-0.3, -0.25) is 48.9 Å². The molecule has 0 aliphatic carbocycles. The number of hydrogen-bond acceptors (Lipinski definition) is 14. The van der Waals surface area contributed by atoms with Crippen molar-refractivity contribution < 1.29 is 37.9 Å². The van der Waals surface area contributed by atoms with Crippen molar-refractivity contribution >= 4 is 52.5 Å². The van der Waals surface area contributed by atoms with Gasteiger partial charge in [-0.15, -0.1) is 0 Å². The van der Waals surface area contributed by atoms with Gasteiger partial charge >= 0.3 is 0 Å². The van der Waals surface area contributed by atoms with Gasteiger partial charge < -0.3 is 25.6 Å². The molecule has 19 heteroatoms. The maximum atomic E-state index is 14.9. The first-order valence-electron chi connectivity index (χ1n) is 21.3. The lowest BCUT2D eigenvalue weighted by atomic mass is 10.0. The molecule has 0 saturated carbocycles. The van der Waals surface area contributed by atoms with Crippen LogP contribution in [0.15, 0.2) is 85.3 Å². The highest BCUT2D eigenvalue weighted by Crippen LogP contribution is 2.35. The van der Waals surface area contributed by atoms with Crippen molar-refractivity contribution in [2.75, 3.05) is 68.5 Å². The van der Waals surface area contributed by atoms with E-state index in [0.717, 1.165) is 10.5 Å². The Balaban J connectivity index is 0.841. The summed E-state index contributed by atoms with van der Waals surface area (Å²) in [5.74, 6) is -3.29. The summed E-state index contributed by atoms with van der Waals surface area (Å²) in [4.78, 5) is 94.7. The van der Waals surface area contributed by atoms with Crippen LogP contribution >= 0.6 is 0 Å². The van der Waals surface area contributed by atoms with Crippen molar-refractivity contribution in [1.82, 2.24) is 35.4 Å². The van der Waals surface area contributed by atoms with Gasteiger partial charge in [-0.25, -0.2) is 14.4 Å². The van der Waals surface area contributed by atoms with Crippen molar-refractivity contribution in [3.05, 3.63) is 114 Å². The molecule has 3 aliphatic heterocycles. The number of methoxy groups -OCH3 is 1. The summed E-state index contributed by atoms with van der Waals surface area (Å²) in [6.07, 6.45) is 6.06. The summed E-state index contributed by atoms with van der Waals surface area (Å²) in [6, 6.07) is 18.9. The van der Waals surface area contributed by atoms with E-state index < -0.39 is 41.4 Å². The van der Waals surface area contributed by atoms with Crippen LogP contribution in [0.3, 0.4) is 0 Å². The lowest BCUT2D eigenvalue weighted by molar-refractivity contribution is -0.136. The second-order valence-corrected chi connectivity index (χ2v) is 15.8. The smallest absolute Gasteiger partial charge is 0.274 e. The number of piperazine rings is 1. The number of nitrogens with zero attached hydrogens (tertiary/aromatic N) is 7. The Bertz CT molecular complexity index is 2790. The minimum Gasteiger partial charge on any atom is -0.496 e. The van der Waals surface area contributed by atoms with Crippen molar-refractivity contribution in [2.24, 2.45) is 0 Å². The second-order valence-electron chi connectivity index (χ2n) is 15.8. The Labute approximate surface area is 378 Å². The zero-order chi connectivity index (χ0) is 46.3. The molecule has 5 heterocycles. The maximum Gasteiger partial charge on any atom is 0.274 e. The van der Waals surface area contributed by atoms with Gasteiger partial charge in [0.1, 0.15) is 23.3 Å². The van der Waals surface area contributed by atoms with Crippen LogP contribution in [-0.4, -0.2) is 119 Å². The Morgan fingerprint density at radius 3 is 2.52 bits per heavy atom. The van der Waals surface area contributed by atoms with Crippen LogP contribution in [0.25, 0.3) is 22.5 Å². The number of benzene rings is 3. The molecule has 66 heavy (non-hydrogen) atoms. The molecule has 2 saturated heterocycles. The van der Waals surface area contributed by atoms with Crippen molar-refractivity contribution in [1.29, 1.82) is 5.26 Å². The van der Waals surface area contributed by atoms with Crippen molar-refractivity contribution in [3.8, 4) is 34.3 Å². The first-order valence-corrected chi connectivity index (χ1v) is 21.3. The molecule has 6 amide bonds. The Kier molecular flexibility index (Phi) is 13.3. The standard InChI is InChI=1S/C47H44FN11O7/c1-66-39-6-4-5-34(48)42(39)43-53-18-14-36(54-43)44(62)55-35-10-7-28(33-26-50-17-13-29(33)25-49)23-38(35)58-21-19-57(20-22-58)27-41(61)52-16-3-2-15-51-30-8-9-31-32(24-30)47(65)59(46(31)64)37-11-12-40(60)56-45(37)63/h4-10,13-14,17-18,23-24,26,37,51H,2-3,11-12,15-16,19-22,27H2,1H3,(H,52,61)(H,55,62)(H,56,60,63). The van der Waals surface area contributed by atoms with E-state index in [0.29, 0.717) is 80.3 Å². The van der Waals surface area contributed by atoms with E-state index in [9.17, 15) is 38.4 Å². The van der Waals surface area contributed by atoms with Crippen LogP contribution in [0, 0.1) is 17.1 Å². The monoisotopic (exact) mass is 893 g/mol. The van der Waals surface area contributed by atoms with Gasteiger partial charge in [0.2, 0.25) is 17.7 Å². The molecular formula is C47H44FN11O7. The number of anilines is 3. The number of piperidine rings is 1. The molecule has 4 N–H and O–H groups in total. The molecule has 2 fully saturated rings. The van der Waals surface area contributed by atoms with Gasteiger partial charge in [0.15, 0.2) is 5.82 Å². The first kappa shape index (κ1) is 44.5. The fourth-order valence-corrected chi connectivity index (χ4v) is 8.17. The fourth-order valence-electron chi connectivity index (χ4n) is 8.17. The quantitative estimate of drug-likeness (QED) is 0.0860. The average molecular weight is 894 g/mol. The minimum absolute atomic E-state index is 0.00329. The van der Waals surface area contributed by atoms with Gasteiger partial charge in [-0.1, -0.05) is 12.1 Å². The Hall–Kier alpha value is -8.11. The number of imide groups is 2. The third-order valence-electron chi connectivity index (χ3n) is 11.6. The largest absolute Gasteiger partial charge is 0.496 e. The van der Waals surface area contributed by atoms with Crippen LogP contribution in [0.4, 0.5) is 21.5 Å². The number of unbranched alkanes of at least 4 members (excludes halogenated alkanes) is 1. The summed E-state index contributed by atoms with van der Waals surface area (Å²) in [5.41, 5.74) is 4.02. The molecular weight excluding hydrogens is 850 g/mol. The molecule has 8 rings (SSSR count). The number of nitrogens with one attached hydrogen (secondary N) is 4. The topological polar surface area (TPSA) is 232 Å². The molecule has 336 valence electrons. The molecule has 3 aromatic carbocycles. The van der Waals surface area contributed by atoms with E-state index in [1.807, 2.05) is 11.0 Å². The Morgan fingerprint density at radius 2 is 1.73 bits per heavy atom. The lowest BCUT2D eigenvalue weighted by Gasteiger charge is -2.36. The SMILES string of the molecule is COc1cccc(F)c1-c1nccc(C(=O)Nc2ccc(-c3cnccc3C#N)cc2N2CCN(CC(=O)NCCCCNc3ccc4c(c3)C(=O)N(C3CCC(=O)NC3=O)C4=O)CC2)n1. The molecule has 3 aliphatic rings. The highest BCUT2D eigenvalue weighted by Gasteiger charge is 2.44. The number of rotatable bonds is 15. The van der Waals surface area contributed by atoms with Gasteiger partial charge in [-0.2, -0.15) is 5.26 Å². The molecule has 0 spiro atoms. The van der Waals surface area contributed by atoms with E-state index in [4.69, 9.17) is 4.74 Å². The normalized spacial score (nSPS) is 16.0. The predicted molar refractivity (Wildman–Crippen MR) is 239 cm³/mol. The number of nitriles is 1. The molecule has 2 aromatic heterocycles. The summed E-state index contributed by atoms with van der Waals surface area (Å²) in [5, 5.41) is 21.2. The molecule has 0 bridgehead atoms. The fraction of sp³-hybridized carbons (Fsp3) is 0.277. The number of pyridine rings is 1. The molecule has 1 unspecified atom stereocenters. The van der Waals surface area contributed by atoms with Gasteiger partial charge in [0.05, 0.1) is 53.4 Å². The molecule has 5 aromatic rings. The highest BCUT2D eigenvalue weighted by molar-refractivity contribution is 6.23. The first-order chi connectivity index (χ1) is 32.0. The Morgan fingerprint density at radius 1 is 0.924 bits per heavy atom. The number of amides is 6. The van der Waals surface area contributed by atoms with E-state index in [1.54, 1.807) is 54.9 Å². The number of aromatic nitrogens is 3. The summed E-state index contributed by atoms with van der Waals surface area (Å²) in [7, 11) is 1.41. The van der Waals surface area contributed by atoms with E-state index >= 15 is 0 Å². The molecule has 18 nitrogen and oxygen atoms in total. The number of carbonyl (C=O) groups is 6. The third kappa shape index (κ3) is 9.54. The number of fused-ring (bicyclic) bond motifs is 1. The number of ether oxygens (including phenoxy) is 1. The van der Waals surface area contributed by atoms with E-state index in [1.165, 1.54) is 31.5 Å². The third-order valence-corrected chi connectivity index (χ3v) is 11.6. The van der Waals surface area contributed by atoms with E-state index in [-0.39, 0.29) is 59.3 Å². The van der Waals surface area contributed by atoms with Gasteiger partial charge in [0, 0.05) is 75.5 Å². The molecule has 0 radical (unpaired) electrons. The summed E-state index contributed by atoms with van der Waals surface area (Å²) in [6.45, 7) is 3.32. The molecule has 1 atom stereocenters. The predicted octanol–water partition coefficient (Wildman–Crippen LogP) is 4.01. The van der Waals surface area contributed by atoms with Gasteiger partial charge in [-0.05, 0) is 79.4 Å². The van der Waals surface area contributed by atoms with Crippen LogP contribution in [0.1, 0.15) is 62.5 Å². The number of halogens is 1. The number of carbonyl (C=O) groups excluding carboxylic acids is 6. The minimum atomic E-state index is -1.03. The average Bonchev–Trinajstić information content (AvgIpc) is 3.57. The second kappa shape index (κ2) is 19.7. The highest BCUT2D eigenvalue weighted by atomic mass is 19.1. The van der Waals surface area contributed by atoms with Crippen molar-refractivity contribution in [3.63, 3.8) is 0 Å². The van der Waals surface area contributed by atoms with Crippen LogP contribution in [0.2, 0.25) is 0 Å². The van der Waals surface area contributed by atoms with Crippen LogP contribution in [-0.2, 0) is 14.4 Å². The maximum absolute atomic E-state index is 14.9. The number of hydrogen-bond donors (Lipinski definition) is 4. The summed E-state index contributed by atoms with van der Waals surface area (Å²) < 4.78 is 20.2. The lowest BCUT2D eigenvalue weighted by Crippen LogP contribution is -2.54. The van der Waals surface area contributed by atoms with Gasteiger partial charge in [0.25, 0.3) is 17.7 Å².